The lowest BCUT2D eigenvalue weighted by molar-refractivity contribution is -0.157. The summed E-state index contributed by atoms with van der Waals surface area (Å²) >= 11 is 0. The summed E-state index contributed by atoms with van der Waals surface area (Å²) in [5.41, 5.74) is 8.56. The number of hydrogen-bond acceptors (Lipinski definition) is 5. The van der Waals surface area contributed by atoms with E-state index in [1.165, 1.54) is 0 Å². The topological polar surface area (TPSA) is 93.5 Å². The number of esters is 1. The summed E-state index contributed by atoms with van der Waals surface area (Å²) in [5, 5.41) is 3.88. The highest BCUT2D eigenvalue weighted by Gasteiger charge is 2.51. The van der Waals surface area contributed by atoms with Crippen molar-refractivity contribution in [3.63, 3.8) is 0 Å². The van der Waals surface area contributed by atoms with Crippen LogP contribution in [0.3, 0.4) is 0 Å². The Kier molecular flexibility index (Phi) is 7.35. The van der Waals surface area contributed by atoms with Crippen LogP contribution in [-0.2, 0) is 25.4 Å². The van der Waals surface area contributed by atoms with Crippen molar-refractivity contribution >= 4 is 13.1 Å². The van der Waals surface area contributed by atoms with E-state index >= 15 is 0 Å². The smallest absolute Gasteiger partial charge is 0.457 e. The van der Waals surface area contributed by atoms with Gasteiger partial charge in [0, 0.05) is 11.0 Å². The molecule has 1 aliphatic carbocycles. The molecule has 0 spiro atoms. The van der Waals surface area contributed by atoms with E-state index in [2.05, 4.69) is 37.7 Å². The maximum Gasteiger partial charge on any atom is 0.457 e. The lowest BCUT2D eigenvalue weighted by atomic mass is 9.77. The summed E-state index contributed by atoms with van der Waals surface area (Å²) in [6.07, 6.45) is 5.26. The second kappa shape index (κ2) is 9.64. The Hall–Kier alpha value is -2.02. The number of unbranched alkanes of at least 4 members (excludes halogenated alkanes) is 1. The summed E-state index contributed by atoms with van der Waals surface area (Å²) in [6, 6.07) is 9.56. The van der Waals surface area contributed by atoms with E-state index in [-0.39, 0.29) is 36.9 Å². The van der Waals surface area contributed by atoms with Crippen molar-refractivity contribution in [2.75, 3.05) is 0 Å². The molecule has 2 atom stereocenters. The maximum atomic E-state index is 13.1. The van der Waals surface area contributed by atoms with E-state index in [0.717, 1.165) is 37.6 Å². The van der Waals surface area contributed by atoms with Crippen molar-refractivity contribution in [1.82, 2.24) is 0 Å². The third kappa shape index (κ3) is 5.62. The highest BCUT2D eigenvalue weighted by Crippen LogP contribution is 2.45. The Morgan fingerprint density at radius 1 is 1.19 bits per heavy atom. The number of benzene rings is 1. The van der Waals surface area contributed by atoms with Gasteiger partial charge in [-0.15, -0.1) is 0 Å². The van der Waals surface area contributed by atoms with E-state index in [4.69, 9.17) is 19.6 Å². The van der Waals surface area contributed by atoms with E-state index in [1.807, 2.05) is 30.3 Å². The van der Waals surface area contributed by atoms with Gasteiger partial charge in [0.25, 0.3) is 0 Å². The molecule has 1 heterocycles. The van der Waals surface area contributed by atoms with Gasteiger partial charge in [-0.05, 0) is 70.8 Å². The monoisotopic (exact) mass is 427 g/mol. The molecule has 168 valence electrons. The summed E-state index contributed by atoms with van der Waals surface area (Å²) in [4.78, 5) is 16.1. The highest BCUT2D eigenvalue weighted by molar-refractivity contribution is 6.45. The van der Waals surface area contributed by atoms with Gasteiger partial charge in [0.2, 0.25) is 0 Å². The number of ether oxygens (including phenoxy) is 1. The van der Waals surface area contributed by atoms with Crippen LogP contribution >= 0.6 is 0 Å². The van der Waals surface area contributed by atoms with Crippen LogP contribution in [0.25, 0.3) is 10.4 Å². The Bertz CT molecular complexity index is 794. The van der Waals surface area contributed by atoms with Crippen LogP contribution in [0.5, 0.6) is 0 Å². The zero-order valence-electron chi connectivity index (χ0n) is 19.2. The standard InChI is InChI=1S/C23H34BN3O4/c1-21(2)22(3,4)31-24(30-21)15-9-8-13-23(14-12-19(16-23)26-27-25)20(28)29-17-18-10-6-5-7-11-18/h5-7,10-11,19H,8-9,12-17H2,1-4H3/t19-,23-/m0/s1. The maximum absolute atomic E-state index is 13.1. The molecule has 2 aliphatic rings. The molecule has 3 rings (SSSR count). The first-order valence-corrected chi connectivity index (χ1v) is 11.3. The molecule has 0 unspecified atom stereocenters. The molecule has 2 fully saturated rings. The second-order valence-corrected chi connectivity index (χ2v) is 9.88. The van der Waals surface area contributed by atoms with Crippen LogP contribution in [0.15, 0.2) is 35.4 Å². The molecule has 8 heteroatoms. The molecule has 0 aromatic heterocycles. The Morgan fingerprint density at radius 3 is 2.52 bits per heavy atom. The van der Waals surface area contributed by atoms with Gasteiger partial charge in [-0.25, -0.2) is 0 Å². The average molecular weight is 427 g/mol. The molecule has 0 N–H and O–H groups in total. The van der Waals surface area contributed by atoms with Crippen LogP contribution < -0.4 is 0 Å². The molecule has 31 heavy (non-hydrogen) atoms. The highest BCUT2D eigenvalue weighted by atomic mass is 16.7. The van der Waals surface area contributed by atoms with E-state index in [9.17, 15) is 4.79 Å². The van der Waals surface area contributed by atoms with Gasteiger partial charge < -0.3 is 14.0 Å². The second-order valence-electron chi connectivity index (χ2n) is 9.88. The fourth-order valence-electron chi connectivity index (χ4n) is 4.52. The van der Waals surface area contributed by atoms with E-state index < -0.39 is 5.41 Å². The Balaban J connectivity index is 1.55. The minimum atomic E-state index is -0.580. The fourth-order valence-corrected chi connectivity index (χ4v) is 4.52. The zero-order chi connectivity index (χ0) is 22.5. The van der Waals surface area contributed by atoms with Gasteiger partial charge in [0.05, 0.1) is 16.6 Å². The summed E-state index contributed by atoms with van der Waals surface area (Å²) in [7, 11) is -0.217. The summed E-state index contributed by atoms with van der Waals surface area (Å²) in [5.74, 6) is -0.178. The quantitative estimate of drug-likeness (QED) is 0.124. The molecule has 0 radical (unpaired) electrons. The average Bonchev–Trinajstić information content (AvgIpc) is 3.22. The van der Waals surface area contributed by atoms with Crippen LogP contribution in [0.4, 0.5) is 0 Å². The Morgan fingerprint density at radius 2 is 1.87 bits per heavy atom. The number of carbonyl (C=O) groups excluding carboxylic acids is 1. The van der Waals surface area contributed by atoms with Crippen LogP contribution in [0.1, 0.15) is 71.8 Å². The van der Waals surface area contributed by atoms with Crippen LogP contribution in [-0.4, -0.2) is 30.3 Å². The lowest BCUT2D eigenvalue weighted by Gasteiger charge is -2.32. The molecule has 0 bridgehead atoms. The number of nitrogens with zero attached hydrogens (tertiary/aromatic N) is 3. The number of carbonyl (C=O) groups is 1. The fraction of sp³-hybridized carbons (Fsp3) is 0.696. The Labute approximate surface area is 185 Å². The van der Waals surface area contributed by atoms with Crippen molar-refractivity contribution in [3.05, 3.63) is 46.3 Å². The van der Waals surface area contributed by atoms with Gasteiger partial charge >= 0.3 is 13.1 Å². The van der Waals surface area contributed by atoms with Crippen LogP contribution in [0.2, 0.25) is 6.32 Å². The molecule has 0 amide bonds. The largest absolute Gasteiger partial charge is 0.460 e. The summed E-state index contributed by atoms with van der Waals surface area (Å²) < 4.78 is 17.9. The predicted molar refractivity (Wildman–Crippen MR) is 120 cm³/mol. The molecule has 1 aromatic rings. The van der Waals surface area contributed by atoms with Crippen LogP contribution in [0, 0.1) is 5.41 Å². The molecule has 1 aliphatic heterocycles. The first-order chi connectivity index (χ1) is 14.7. The van der Waals surface area contributed by atoms with E-state index in [1.54, 1.807) is 0 Å². The molecule has 1 saturated heterocycles. The van der Waals surface area contributed by atoms with Crippen molar-refractivity contribution in [2.24, 2.45) is 10.5 Å². The molecule has 7 nitrogen and oxygen atoms in total. The van der Waals surface area contributed by atoms with Crippen molar-refractivity contribution in [1.29, 1.82) is 0 Å². The van der Waals surface area contributed by atoms with E-state index in [0.29, 0.717) is 12.8 Å². The predicted octanol–water partition coefficient (Wildman–Crippen LogP) is 5.84. The SMILES string of the molecule is CC1(C)OB(CCCC[C@]2(C(=O)OCc3ccccc3)CC[C@H](N=[N+]=[N-])C2)OC1(C)C. The zero-order valence-corrected chi connectivity index (χ0v) is 19.2. The minimum Gasteiger partial charge on any atom is -0.460 e. The molecular formula is C23H34BN3O4. The third-order valence-corrected chi connectivity index (χ3v) is 7.09. The van der Waals surface area contributed by atoms with Gasteiger partial charge in [0.1, 0.15) is 6.61 Å². The minimum absolute atomic E-state index is 0.141. The third-order valence-electron chi connectivity index (χ3n) is 7.09. The molecule has 1 aromatic carbocycles. The number of azide groups is 1. The van der Waals surface area contributed by atoms with Crippen molar-refractivity contribution in [2.45, 2.75) is 96.4 Å². The van der Waals surface area contributed by atoms with Gasteiger partial charge in [-0.2, -0.15) is 0 Å². The van der Waals surface area contributed by atoms with Gasteiger partial charge in [-0.1, -0.05) is 48.3 Å². The van der Waals surface area contributed by atoms with Gasteiger partial charge in [0.15, 0.2) is 0 Å². The summed E-state index contributed by atoms with van der Waals surface area (Å²) in [6.45, 7) is 8.48. The number of rotatable bonds is 9. The molecular weight excluding hydrogens is 393 g/mol. The van der Waals surface area contributed by atoms with Gasteiger partial charge in [-0.3, -0.25) is 4.79 Å². The lowest BCUT2D eigenvalue weighted by Crippen LogP contribution is -2.41. The van der Waals surface area contributed by atoms with Crippen molar-refractivity contribution in [3.8, 4) is 0 Å². The molecule has 1 saturated carbocycles. The number of hydrogen-bond donors (Lipinski definition) is 0. The first kappa shape index (κ1) is 23.6. The first-order valence-electron chi connectivity index (χ1n) is 11.3. The van der Waals surface area contributed by atoms with Crippen molar-refractivity contribution < 1.29 is 18.8 Å². The normalized spacial score (nSPS) is 26.5.